The normalized spacial score (nSPS) is 10.9. The van der Waals surface area contributed by atoms with E-state index >= 15 is 0 Å². The van der Waals surface area contributed by atoms with Crippen molar-refractivity contribution < 1.29 is 4.39 Å². The number of aryl methyl sites for hydroxylation is 1. The van der Waals surface area contributed by atoms with Crippen LogP contribution in [-0.4, -0.2) is 19.3 Å². The molecule has 2 heterocycles. The third-order valence-electron chi connectivity index (χ3n) is 2.75. The number of hydrogen-bond donors (Lipinski definition) is 1. The number of aromatic nitrogens is 4. The molecule has 0 amide bonds. The van der Waals surface area contributed by atoms with E-state index in [0.29, 0.717) is 5.56 Å². The first-order valence-electron chi connectivity index (χ1n) is 5.07. The Bertz CT molecular complexity index is 716. The van der Waals surface area contributed by atoms with Crippen molar-refractivity contribution in [2.24, 2.45) is 7.05 Å². The van der Waals surface area contributed by atoms with Crippen LogP contribution in [0.5, 0.6) is 0 Å². The number of H-pyrrole nitrogens is 1. The first kappa shape index (κ1) is 12.6. The Morgan fingerprint density at radius 3 is 2.72 bits per heavy atom. The number of nitrogens with one attached hydrogen (secondary N) is 1. The smallest absolute Gasteiger partial charge is 0.295 e. The number of aromatic amines is 1. The number of nitrogens with zero attached hydrogens (tertiary/aromatic N) is 3. The molecule has 0 unspecified atom stereocenters. The highest BCUT2D eigenvalue weighted by Crippen LogP contribution is 2.07. The summed E-state index contributed by atoms with van der Waals surface area (Å²) in [5.41, 5.74) is -0.356. The van der Waals surface area contributed by atoms with Crippen LogP contribution >= 0.6 is 11.6 Å². The fourth-order valence-electron chi connectivity index (χ4n) is 1.53. The lowest BCUT2D eigenvalue weighted by atomic mass is 10.2. The molecule has 0 atom stereocenters. The van der Waals surface area contributed by atoms with Crippen molar-refractivity contribution in [2.45, 2.75) is 13.5 Å². The minimum atomic E-state index is -1.17. The minimum absolute atomic E-state index is 0.0536. The molecule has 0 aliphatic carbocycles. The van der Waals surface area contributed by atoms with Gasteiger partial charge in [0.2, 0.25) is 5.82 Å². The zero-order valence-electron chi connectivity index (χ0n) is 9.70. The number of hydrogen-bond acceptors (Lipinski definition) is 3. The van der Waals surface area contributed by atoms with E-state index < -0.39 is 22.2 Å². The summed E-state index contributed by atoms with van der Waals surface area (Å²) in [6, 6.07) is 0. The first-order valence-corrected chi connectivity index (χ1v) is 5.45. The summed E-state index contributed by atoms with van der Waals surface area (Å²) in [4.78, 5) is 25.2. The lowest BCUT2D eigenvalue weighted by molar-refractivity contribution is 0.557. The highest BCUT2D eigenvalue weighted by atomic mass is 35.5. The molecule has 2 rings (SSSR count). The van der Waals surface area contributed by atoms with Gasteiger partial charge in [0.25, 0.3) is 5.56 Å². The Hall–Kier alpha value is -1.89. The Balaban J connectivity index is 2.54. The van der Waals surface area contributed by atoms with Crippen molar-refractivity contribution in [1.82, 2.24) is 19.3 Å². The summed E-state index contributed by atoms with van der Waals surface area (Å²) in [7, 11) is 1.73. The first-order chi connectivity index (χ1) is 8.41. The lowest BCUT2D eigenvalue weighted by Crippen LogP contribution is -2.37. The Kier molecular flexibility index (Phi) is 3.08. The van der Waals surface area contributed by atoms with Gasteiger partial charge in [-0.25, -0.2) is 4.79 Å². The molecule has 8 heteroatoms. The maximum atomic E-state index is 13.3. The molecule has 0 bridgehead atoms. The van der Waals surface area contributed by atoms with E-state index in [0.717, 1.165) is 10.3 Å². The van der Waals surface area contributed by atoms with E-state index in [2.05, 4.69) is 10.1 Å². The van der Waals surface area contributed by atoms with Gasteiger partial charge in [0.15, 0.2) is 5.15 Å². The van der Waals surface area contributed by atoms with Gasteiger partial charge in [-0.05, 0) is 6.92 Å². The topological polar surface area (TPSA) is 72.7 Å². The highest BCUT2D eigenvalue weighted by Gasteiger charge is 2.14. The van der Waals surface area contributed by atoms with Crippen molar-refractivity contribution >= 4 is 11.6 Å². The van der Waals surface area contributed by atoms with Crippen LogP contribution in [0.4, 0.5) is 4.39 Å². The summed E-state index contributed by atoms with van der Waals surface area (Å²) in [5.74, 6) is -1.17. The number of halogens is 2. The molecule has 1 N–H and O–H groups in total. The zero-order valence-corrected chi connectivity index (χ0v) is 10.5. The molecule has 0 radical (unpaired) electrons. The van der Waals surface area contributed by atoms with E-state index in [1.54, 1.807) is 18.7 Å². The molecule has 2 aromatic rings. The largest absolute Gasteiger partial charge is 0.329 e. The summed E-state index contributed by atoms with van der Waals surface area (Å²) in [6.45, 7) is 1.73. The molecule has 0 aromatic carbocycles. The molecule has 2 aromatic heterocycles. The fourth-order valence-corrected chi connectivity index (χ4v) is 1.70. The van der Waals surface area contributed by atoms with Crippen LogP contribution in [0, 0.1) is 12.7 Å². The quantitative estimate of drug-likeness (QED) is 0.805. The maximum Gasteiger partial charge on any atom is 0.329 e. The second-order valence-corrected chi connectivity index (χ2v) is 4.21. The van der Waals surface area contributed by atoms with Crippen molar-refractivity contribution in [1.29, 1.82) is 0 Å². The molecule has 6 nitrogen and oxygen atoms in total. The second-order valence-electron chi connectivity index (χ2n) is 3.83. The van der Waals surface area contributed by atoms with Gasteiger partial charge in [-0.3, -0.25) is 19.0 Å². The van der Waals surface area contributed by atoms with Gasteiger partial charge in [0.05, 0.1) is 12.7 Å². The standard InChI is InChI=1S/C10H10ClFN4O2/c1-5-6(3-13-15(5)2)4-16-9(17)7(12)8(11)14-10(16)18/h3H,4H2,1-2H3,(H,14,18). The van der Waals surface area contributed by atoms with Gasteiger partial charge in [0.1, 0.15) is 0 Å². The molecule has 0 aliphatic heterocycles. The van der Waals surface area contributed by atoms with Gasteiger partial charge < -0.3 is 0 Å². The van der Waals surface area contributed by atoms with Gasteiger partial charge in [0, 0.05) is 18.3 Å². The number of rotatable bonds is 2. The van der Waals surface area contributed by atoms with Crippen LogP contribution in [-0.2, 0) is 13.6 Å². The molecule has 0 fully saturated rings. The molecular formula is C10H10ClFN4O2. The van der Waals surface area contributed by atoms with Crippen molar-refractivity contribution in [3.05, 3.63) is 49.3 Å². The van der Waals surface area contributed by atoms with Crippen LogP contribution in [0.1, 0.15) is 11.3 Å². The molecule has 96 valence electrons. The summed E-state index contributed by atoms with van der Waals surface area (Å²) in [5, 5.41) is 3.40. The van der Waals surface area contributed by atoms with Gasteiger partial charge >= 0.3 is 5.69 Å². The predicted molar refractivity (Wildman–Crippen MR) is 63.3 cm³/mol. The zero-order chi connectivity index (χ0) is 13.4. The Morgan fingerprint density at radius 2 is 2.17 bits per heavy atom. The van der Waals surface area contributed by atoms with E-state index in [-0.39, 0.29) is 6.54 Å². The van der Waals surface area contributed by atoms with Crippen LogP contribution in [0.3, 0.4) is 0 Å². The SMILES string of the molecule is Cc1c(Cn2c(=O)[nH]c(Cl)c(F)c2=O)cnn1C. The third-order valence-corrected chi connectivity index (χ3v) is 3.01. The van der Waals surface area contributed by atoms with Gasteiger partial charge in [-0.2, -0.15) is 9.49 Å². The van der Waals surface area contributed by atoms with Crippen molar-refractivity contribution in [2.75, 3.05) is 0 Å². The van der Waals surface area contributed by atoms with Gasteiger partial charge in [-0.1, -0.05) is 11.6 Å². The molecule has 0 saturated heterocycles. The summed E-state index contributed by atoms with van der Waals surface area (Å²) in [6.07, 6.45) is 1.52. The van der Waals surface area contributed by atoms with Crippen molar-refractivity contribution in [3.8, 4) is 0 Å². The van der Waals surface area contributed by atoms with Gasteiger partial charge in [-0.15, -0.1) is 0 Å². The molecular weight excluding hydrogens is 263 g/mol. The minimum Gasteiger partial charge on any atom is -0.295 e. The fraction of sp³-hybridized carbons (Fsp3) is 0.300. The third kappa shape index (κ3) is 1.97. The average molecular weight is 273 g/mol. The lowest BCUT2D eigenvalue weighted by Gasteiger charge is -2.05. The van der Waals surface area contributed by atoms with E-state index in [9.17, 15) is 14.0 Å². The Morgan fingerprint density at radius 1 is 1.50 bits per heavy atom. The maximum absolute atomic E-state index is 13.3. The monoisotopic (exact) mass is 272 g/mol. The van der Waals surface area contributed by atoms with Crippen molar-refractivity contribution in [3.63, 3.8) is 0 Å². The Labute approximate surface area is 106 Å². The summed E-state index contributed by atoms with van der Waals surface area (Å²) < 4.78 is 15.7. The predicted octanol–water partition coefficient (Wildman–Crippen LogP) is 0.419. The summed E-state index contributed by atoms with van der Waals surface area (Å²) >= 11 is 5.37. The second kappa shape index (κ2) is 4.41. The molecule has 0 spiro atoms. The van der Waals surface area contributed by atoms with Crippen LogP contribution in [0.2, 0.25) is 5.15 Å². The van der Waals surface area contributed by atoms with Crippen LogP contribution < -0.4 is 11.2 Å². The van der Waals surface area contributed by atoms with E-state index in [1.807, 2.05) is 0 Å². The van der Waals surface area contributed by atoms with E-state index in [1.165, 1.54) is 6.20 Å². The molecule has 18 heavy (non-hydrogen) atoms. The highest BCUT2D eigenvalue weighted by molar-refractivity contribution is 6.29. The molecule has 0 aliphatic rings. The average Bonchev–Trinajstić information content (AvgIpc) is 2.63. The van der Waals surface area contributed by atoms with Crippen LogP contribution in [0.25, 0.3) is 0 Å². The molecule has 0 saturated carbocycles. The van der Waals surface area contributed by atoms with E-state index in [4.69, 9.17) is 11.6 Å². The van der Waals surface area contributed by atoms with Crippen LogP contribution in [0.15, 0.2) is 15.8 Å².